The molecule has 0 radical (unpaired) electrons. The lowest BCUT2D eigenvalue weighted by atomic mass is 9.98. The Morgan fingerprint density at radius 1 is 1.27 bits per heavy atom. The standard InChI is InChI=1S/C21H22FNO2S/c22-18-4-2-1-3-17(18)16-7-9-23(14-16)10-8-19(24)15-5-6-21-20(13-15)25-11-12-26-21/h1-6,13,16H,7-12,14H2. The van der Waals surface area contributed by atoms with Crippen LogP contribution < -0.4 is 4.74 Å². The third kappa shape index (κ3) is 3.79. The number of thioether (sulfide) groups is 1. The lowest BCUT2D eigenvalue weighted by Crippen LogP contribution is -2.24. The summed E-state index contributed by atoms with van der Waals surface area (Å²) in [6.07, 6.45) is 1.43. The van der Waals surface area contributed by atoms with Crippen LogP contribution in [0.25, 0.3) is 0 Å². The largest absolute Gasteiger partial charge is 0.492 e. The van der Waals surface area contributed by atoms with Gasteiger partial charge in [-0.2, -0.15) is 0 Å². The Morgan fingerprint density at radius 2 is 2.15 bits per heavy atom. The molecule has 1 saturated heterocycles. The number of rotatable bonds is 5. The van der Waals surface area contributed by atoms with Gasteiger partial charge in [-0.05, 0) is 36.7 Å². The van der Waals surface area contributed by atoms with Crippen LogP contribution in [-0.4, -0.2) is 42.7 Å². The summed E-state index contributed by atoms with van der Waals surface area (Å²) in [5.74, 6) is 2.02. The van der Waals surface area contributed by atoms with Gasteiger partial charge in [0.15, 0.2) is 5.78 Å². The average molecular weight is 371 g/mol. The van der Waals surface area contributed by atoms with Crippen LogP contribution in [0.4, 0.5) is 4.39 Å². The second-order valence-electron chi connectivity index (χ2n) is 6.84. The fraction of sp³-hybridized carbons (Fsp3) is 0.381. The maximum Gasteiger partial charge on any atom is 0.164 e. The van der Waals surface area contributed by atoms with Gasteiger partial charge in [0, 0.05) is 41.6 Å². The van der Waals surface area contributed by atoms with Crippen molar-refractivity contribution in [2.24, 2.45) is 0 Å². The van der Waals surface area contributed by atoms with Gasteiger partial charge in [-0.15, -0.1) is 11.8 Å². The first-order valence-electron chi connectivity index (χ1n) is 9.10. The Morgan fingerprint density at radius 3 is 3.04 bits per heavy atom. The molecule has 0 aliphatic carbocycles. The minimum atomic E-state index is -0.123. The van der Waals surface area contributed by atoms with Crippen LogP contribution >= 0.6 is 11.8 Å². The molecule has 136 valence electrons. The van der Waals surface area contributed by atoms with E-state index in [9.17, 15) is 9.18 Å². The molecule has 26 heavy (non-hydrogen) atoms. The third-order valence-electron chi connectivity index (χ3n) is 5.14. The van der Waals surface area contributed by atoms with Gasteiger partial charge in [0.1, 0.15) is 11.6 Å². The number of fused-ring (bicyclic) bond motifs is 1. The van der Waals surface area contributed by atoms with Crippen molar-refractivity contribution in [1.82, 2.24) is 4.90 Å². The van der Waals surface area contributed by atoms with E-state index in [4.69, 9.17) is 4.74 Å². The van der Waals surface area contributed by atoms with Crippen molar-refractivity contribution >= 4 is 17.5 Å². The second-order valence-corrected chi connectivity index (χ2v) is 7.98. The normalized spacial score (nSPS) is 19.8. The Balaban J connectivity index is 1.33. The Hall–Kier alpha value is -1.85. The van der Waals surface area contributed by atoms with Gasteiger partial charge in [-0.3, -0.25) is 4.79 Å². The fourth-order valence-corrected chi connectivity index (χ4v) is 4.53. The van der Waals surface area contributed by atoms with Gasteiger partial charge in [0.25, 0.3) is 0 Å². The highest BCUT2D eigenvalue weighted by atomic mass is 32.2. The zero-order chi connectivity index (χ0) is 17.9. The van der Waals surface area contributed by atoms with E-state index in [0.717, 1.165) is 53.6 Å². The van der Waals surface area contributed by atoms with E-state index in [0.29, 0.717) is 13.0 Å². The van der Waals surface area contributed by atoms with Crippen molar-refractivity contribution in [2.45, 2.75) is 23.7 Å². The maximum absolute atomic E-state index is 14.0. The summed E-state index contributed by atoms with van der Waals surface area (Å²) in [4.78, 5) is 15.9. The van der Waals surface area contributed by atoms with E-state index < -0.39 is 0 Å². The van der Waals surface area contributed by atoms with Crippen LogP contribution in [0.15, 0.2) is 47.4 Å². The number of halogens is 1. The first-order valence-corrected chi connectivity index (χ1v) is 10.1. The number of nitrogens with zero attached hydrogens (tertiary/aromatic N) is 1. The zero-order valence-electron chi connectivity index (χ0n) is 14.6. The SMILES string of the molecule is O=C(CCN1CCC(c2ccccc2F)C1)c1ccc2c(c1)OCCS2. The second kappa shape index (κ2) is 7.80. The number of likely N-dealkylation sites (tertiary alicyclic amines) is 1. The monoisotopic (exact) mass is 371 g/mol. The molecule has 0 N–H and O–H groups in total. The number of hydrogen-bond donors (Lipinski definition) is 0. The molecule has 0 spiro atoms. The summed E-state index contributed by atoms with van der Waals surface area (Å²) >= 11 is 1.77. The first kappa shape index (κ1) is 17.6. The summed E-state index contributed by atoms with van der Waals surface area (Å²) in [5, 5.41) is 0. The summed E-state index contributed by atoms with van der Waals surface area (Å²) in [6, 6.07) is 12.8. The van der Waals surface area contributed by atoms with Crippen molar-refractivity contribution in [3.8, 4) is 5.75 Å². The van der Waals surface area contributed by atoms with Crippen LogP contribution in [0.2, 0.25) is 0 Å². The van der Waals surface area contributed by atoms with Gasteiger partial charge < -0.3 is 9.64 Å². The summed E-state index contributed by atoms with van der Waals surface area (Å²) in [5.41, 5.74) is 1.52. The maximum atomic E-state index is 14.0. The number of ketones is 1. The fourth-order valence-electron chi connectivity index (χ4n) is 3.72. The van der Waals surface area contributed by atoms with Gasteiger partial charge in [-0.25, -0.2) is 4.39 Å². The molecule has 2 aromatic rings. The van der Waals surface area contributed by atoms with Crippen molar-refractivity contribution in [3.63, 3.8) is 0 Å². The van der Waals surface area contributed by atoms with E-state index >= 15 is 0 Å². The summed E-state index contributed by atoms with van der Waals surface area (Å²) < 4.78 is 19.6. The predicted octanol–water partition coefficient (Wildman–Crippen LogP) is 4.37. The molecule has 4 rings (SSSR count). The predicted molar refractivity (Wildman–Crippen MR) is 102 cm³/mol. The van der Waals surface area contributed by atoms with Crippen molar-refractivity contribution in [3.05, 3.63) is 59.4 Å². The molecule has 1 unspecified atom stereocenters. The molecule has 3 nitrogen and oxygen atoms in total. The number of ether oxygens (including phenoxy) is 1. The number of carbonyl (C=O) groups excluding carboxylic acids is 1. The zero-order valence-corrected chi connectivity index (χ0v) is 15.4. The molecule has 1 atom stereocenters. The molecule has 5 heteroatoms. The molecule has 2 aromatic carbocycles. The van der Waals surface area contributed by atoms with Gasteiger partial charge >= 0.3 is 0 Å². The van der Waals surface area contributed by atoms with Gasteiger partial charge in [0.05, 0.1) is 6.61 Å². The molecule has 0 aromatic heterocycles. The highest BCUT2D eigenvalue weighted by Gasteiger charge is 2.26. The third-order valence-corrected chi connectivity index (χ3v) is 6.16. The number of Topliss-reactive ketones (excluding diaryl/α,β-unsaturated/α-hetero) is 1. The Kier molecular flexibility index (Phi) is 5.27. The minimum Gasteiger partial charge on any atom is -0.492 e. The van der Waals surface area contributed by atoms with E-state index in [1.165, 1.54) is 6.07 Å². The molecule has 0 amide bonds. The molecular formula is C21H22FNO2S. The van der Waals surface area contributed by atoms with E-state index in [2.05, 4.69) is 4.90 Å². The lowest BCUT2D eigenvalue weighted by molar-refractivity contribution is 0.0968. The highest BCUT2D eigenvalue weighted by molar-refractivity contribution is 7.99. The molecule has 1 fully saturated rings. The Labute approximate surface area is 157 Å². The van der Waals surface area contributed by atoms with Crippen molar-refractivity contribution < 1.29 is 13.9 Å². The number of carbonyl (C=O) groups is 1. The topological polar surface area (TPSA) is 29.5 Å². The average Bonchev–Trinajstić information content (AvgIpc) is 3.15. The minimum absolute atomic E-state index is 0.123. The van der Waals surface area contributed by atoms with Crippen molar-refractivity contribution in [2.75, 3.05) is 32.0 Å². The summed E-state index contributed by atoms with van der Waals surface area (Å²) in [7, 11) is 0. The molecule has 2 aliphatic heterocycles. The van der Waals surface area contributed by atoms with Crippen LogP contribution in [0.3, 0.4) is 0 Å². The van der Waals surface area contributed by atoms with E-state index in [-0.39, 0.29) is 17.5 Å². The summed E-state index contributed by atoms with van der Waals surface area (Å²) in [6.45, 7) is 3.14. The number of benzene rings is 2. The Bertz CT molecular complexity index is 810. The van der Waals surface area contributed by atoms with Gasteiger partial charge in [0.2, 0.25) is 0 Å². The smallest absolute Gasteiger partial charge is 0.164 e. The molecule has 0 bridgehead atoms. The molecule has 2 aliphatic rings. The van der Waals surface area contributed by atoms with Crippen LogP contribution in [0, 0.1) is 5.82 Å². The van der Waals surface area contributed by atoms with E-state index in [1.807, 2.05) is 30.3 Å². The molecule has 2 heterocycles. The van der Waals surface area contributed by atoms with Crippen LogP contribution in [-0.2, 0) is 0 Å². The molecular weight excluding hydrogens is 349 g/mol. The quantitative estimate of drug-likeness (QED) is 0.730. The van der Waals surface area contributed by atoms with Crippen LogP contribution in [0.1, 0.15) is 34.7 Å². The first-order chi connectivity index (χ1) is 12.7. The van der Waals surface area contributed by atoms with Gasteiger partial charge in [-0.1, -0.05) is 24.3 Å². The lowest BCUT2D eigenvalue weighted by Gasteiger charge is -2.18. The van der Waals surface area contributed by atoms with Crippen LogP contribution in [0.5, 0.6) is 5.75 Å². The van der Waals surface area contributed by atoms with E-state index in [1.54, 1.807) is 17.8 Å². The highest BCUT2D eigenvalue weighted by Crippen LogP contribution is 2.34. The van der Waals surface area contributed by atoms with Crippen molar-refractivity contribution in [1.29, 1.82) is 0 Å². The number of hydrogen-bond acceptors (Lipinski definition) is 4. The molecule has 0 saturated carbocycles.